The first-order valence-corrected chi connectivity index (χ1v) is 8.55. The molecule has 1 unspecified atom stereocenters. The minimum atomic E-state index is -0.264. The summed E-state index contributed by atoms with van der Waals surface area (Å²) in [5.41, 5.74) is 3.88. The number of hydrogen-bond acceptors (Lipinski definition) is 4. The van der Waals surface area contributed by atoms with Crippen molar-refractivity contribution in [3.8, 4) is 0 Å². The molecule has 1 N–H and O–H groups in total. The maximum Gasteiger partial charge on any atom is 0.280 e. The van der Waals surface area contributed by atoms with E-state index in [9.17, 15) is 4.79 Å². The van der Waals surface area contributed by atoms with Gasteiger partial charge in [0.25, 0.3) is 5.56 Å². The van der Waals surface area contributed by atoms with E-state index in [-0.39, 0.29) is 29.2 Å². The molecule has 2 aromatic rings. The largest absolute Gasteiger partial charge is 0.360 e. The van der Waals surface area contributed by atoms with E-state index in [0.29, 0.717) is 16.7 Å². The molecule has 0 fully saturated rings. The molecule has 1 aliphatic heterocycles. The molecule has 2 aliphatic rings. The van der Waals surface area contributed by atoms with Crippen LogP contribution < -0.4 is 11.0 Å². The summed E-state index contributed by atoms with van der Waals surface area (Å²) >= 11 is 0. The second-order valence-electron chi connectivity index (χ2n) is 7.72. The lowest BCUT2D eigenvalue weighted by Gasteiger charge is -2.32. The Morgan fingerprint density at radius 2 is 2.08 bits per heavy atom. The molecule has 0 spiro atoms. The molecule has 24 heavy (non-hydrogen) atoms. The van der Waals surface area contributed by atoms with Crippen LogP contribution in [-0.2, 0) is 4.74 Å². The van der Waals surface area contributed by atoms with E-state index in [0.717, 1.165) is 12.8 Å². The number of ether oxygens (including phenoxy) is 1. The third-order valence-corrected chi connectivity index (χ3v) is 4.78. The van der Waals surface area contributed by atoms with E-state index in [4.69, 9.17) is 9.72 Å². The lowest BCUT2D eigenvalue weighted by molar-refractivity contribution is -0.0575. The second-order valence-corrected chi connectivity index (χ2v) is 7.72. The van der Waals surface area contributed by atoms with Gasteiger partial charge in [-0.15, -0.1) is 0 Å². The van der Waals surface area contributed by atoms with Crippen molar-refractivity contribution in [3.63, 3.8) is 0 Å². The number of fused-ring (bicyclic) bond motifs is 3. The molecule has 0 radical (unpaired) electrons. The number of nitrogens with zero attached hydrogens (tertiary/aromatic N) is 2. The van der Waals surface area contributed by atoms with Crippen molar-refractivity contribution in [1.82, 2.24) is 9.66 Å². The van der Waals surface area contributed by atoms with Gasteiger partial charge in [0, 0.05) is 0 Å². The van der Waals surface area contributed by atoms with E-state index in [1.54, 1.807) is 4.68 Å². The molecule has 2 heterocycles. The van der Waals surface area contributed by atoms with E-state index in [1.165, 1.54) is 0 Å². The highest BCUT2D eigenvalue weighted by Gasteiger charge is 2.39. The molecule has 5 nitrogen and oxygen atoms in total. The van der Waals surface area contributed by atoms with E-state index < -0.39 is 0 Å². The van der Waals surface area contributed by atoms with Crippen molar-refractivity contribution in [2.24, 2.45) is 5.41 Å². The number of benzene rings is 1. The molecule has 0 bridgehead atoms. The third-order valence-electron chi connectivity index (χ3n) is 4.78. The van der Waals surface area contributed by atoms with Gasteiger partial charge in [0.2, 0.25) is 0 Å². The Hall–Kier alpha value is -2.14. The molecular formula is C19H23N3O2. The lowest BCUT2D eigenvalue weighted by Crippen LogP contribution is -2.42. The quantitative estimate of drug-likeness (QED) is 0.756. The van der Waals surface area contributed by atoms with Gasteiger partial charge in [-0.25, -0.2) is 9.66 Å². The predicted octanol–water partition coefficient (Wildman–Crippen LogP) is 3.14. The summed E-state index contributed by atoms with van der Waals surface area (Å²) in [5, 5.41) is 0.631. The van der Waals surface area contributed by atoms with Gasteiger partial charge in [0.15, 0.2) is 5.82 Å². The number of aromatic nitrogens is 2. The van der Waals surface area contributed by atoms with Gasteiger partial charge >= 0.3 is 0 Å². The fourth-order valence-electron chi connectivity index (χ4n) is 3.51. The normalized spacial score (nSPS) is 26.4. The Balaban J connectivity index is 1.97. The topological polar surface area (TPSA) is 56.1 Å². The molecule has 0 saturated carbocycles. The van der Waals surface area contributed by atoms with Crippen LogP contribution >= 0.6 is 0 Å². The summed E-state index contributed by atoms with van der Waals surface area (Å²) in [5.74, 6) is 0.661. The van der Waals surface area contributed by atoms with Crippen LogP contribution in [0.5, 0.6) is 0 Å². The monoisotopic (exact) mass is 325 g/mol. The van der Waals surface area contributed by atoms with Gasteiger partial charge < -0.3 is 10.2 Å². The van der Waals surface area contributed by atoms with E-state index in [2.05, 4.69) is 38.3 Å². The van der Waals surface area contributed by atoms with Crippen LogP contribution in [0, 0.1) is 5.41 Å². The SMILES string of the molecule is CC(C)(C)[C@@H]1OC2C=CCC[C@H]2Nn2c1nc1ccccc1c2=O. The Morgan fingerprint density at radius 3 is 2.88 bits per heavy atom. The highest BCUT2D eigenvalue weighted by atomic mass is 16.5. The zero-order chi connectivity index (χ0) is 16.9. The van der Waals surface area contributed by atoms with Crippen molar-refractivity contribution in [2.75, 3.05) is 5.43 Å². The number of para-hydroxylation sites is 1. The molecule has 1 aromatic carbocycles. The van der Waals surface area contributed by atoms with Gasteiger partial charge in [-0.2, -0.15) is 0 Å². The average Bonchev–Trinajstić information content (AvgIpc) is 2.72. The summed E-state index contributed by atoms with van der Waals surface area (Å²) in [6.45, 7) is 6.36. The molecule has 0 saturated heterocycles. The van der Waals surface area contributed by atoms with E-state index in [1.807, 2.05) is 24.3 Å². The Bertz CT molecular complexity index is 863. The van der Waals surface area contributed by atoms with Crippen molar-refractivity contribution < 1.29 is 4.74 Å². The van der Waals surface area contributed by atoms with E-state index >= 15 is 0 Å². The molecule has 4 rings (SSSR count). The second kappa shape index (κ2) is 5.45. The van der Waals surface area contributed by atoms with Crippen LogP contribution in [0.4, 0.5) is 0 Å². The van der Waals surface area contributed by atoms with Crippen molar-refractivity contribution >= 4 is 10.9 Å². The summed E-state index contributed by atoms with van der Waals surface area (Å²) in [6, 6.07) is 7.58. The maximum atomic E-state index is 13.1. The lowest BCUT2D eigenvalue weighted by atomic mass is 9.88. The average molecular weight is 325 g/mol. The highest BCUT2D eigenvalue weighted by molar-refractivity contribution is 5.77. The Morgan fingerprint density at radius 1 is 1.29 bits per heavy atom. The highest BCUT2D eigenvalue weighted by Crippen LogP contribution is 2.39. The molecular weight excluding hydrogens is 302 g/mol. The number of rotatable bonds is 0. The molecule has 1 aromatic heterocycles. The van der Waals surface area contributed by atoms with Crippen LogP contribution in [0.1, 0.15) is 45.5 Å². The molecule has 3 atom stereocenters. The van der Waals surface area contributed by atoms with Crippen LogP contribution in [-0.4, -0.2) is 21.8 Å². The minimum absolute atomic E-state index is 0.0489. The summed E-state index contributed by atoms with van der Waals surface area (Å²) in [4.78, 5) is 17.9. The van der Waals surface area contributed by atoms with Crippen LogP contribution in [0.3, 0.4) is 0 Å². The van der Waals surface area contributed by atoms with Gasteiger partial charge in [0.1, 0.15) is 6.10 Å². The van der Waals surface area contributed by atoms with Crippen molar-refractivity contribution in [3.05, 3.63) is 52.6 Å². The molecule has 126 valence electrons. The first-order chi connectivity index (χ1) is 11.4. The summed E-state index contributed by atoms with van der Waals surface area (Å²) < 4.78 is 8.07. The van der Waals surface area contributed by atoms with Crippen molar-refractivity contribution in [2.45, 2.75) is 51.9 Å². The first-order valence-electron chi connectivity index (χ1n) is 8.55. The first kappa shape index (κ1) is 15.4. The fraction of sp³-hybridized carbons (Fsp3) is 0.474. The number of allylic oxidation sites excluding steroid dienone is 1. The standard InChI is InChI=1S/C19H23N3O2/c1-19(2,3)16-17-20-13-9-5-4-8-12(13)18(23)22(17)21-14-10-6-7-11-15(14)24-16/h4-5,7-9,11,14-16,21H,6,10H2,1-3H3/t14-,15?,16-/m1/s1. The maximum absolute atomic E-state index is 13.1. The summed E-state index contributed by atoms with van der Waals surface area (Å²) in [7, 11) is 0. The molecule has 0 amide bonds. The Labute approximate surface area is 141 Å². The Kier molecular flexibility index (Phi) is 3.49. The fourth-order valence-corrected chi connectivity index (χ4v) is 3.51. The predicted molar refractivity (Wildman–Crippen MR) is 94.6 cm³/mol. The van der Waals surface area contributed by atoms with Crippen LogP contribution in [0.15, 0.2) is 41.2 Å². The number of nitrogens with one attached hydrogen (secondary N) is 1. The zero-order valence-electron chi connectivity index (χ0n) is 14.3. The van der Waals surface area contributed by atoms with Crippen LogP contribution in [0.25, 0.3) is 10.9 Å². The molecule has 5 heteroatoms. The minimum Gasteiger partial charge on any atom is -0.360 e. The number of hydrogen-bond donors (Lipinski definition) is 1. The van der Waals surface area contributed by atoms with Crippen molar-refractivity contribution in [1.29, 1.82) is 0 Å². The van der Waals surface area contributed by atoms with Gasteiger partial charge in [-0.1, -0.05) is 45.1 Å². The van der Waals surface area contributed by atoms with Gasteiger partial charge in [0.05, 0.1) is 23.0 Å². The summed E-state index contributed by atoms with van der Waals surface area (Å²) in [6.07, 6.45) is 5.88. The third kappa shape index (κ3) is 2.44. The zero-order valence-corrected chi connectivity index (χ0v) is 14.3. The van der Waals surface area contributed by atoms with Crippen LogP contribution in [0.2, 0.25) is 0 Å². The van der Waals surface area contributed by atoms with Gasteiger partial charge in [-0.05, 0) is 30.4 Å². The van der Waals surface area contributed by atoms with Gasteiger partial charge in [-0.3, -0.25) is 4.79 Å². The smallest absolute Gasteiger partial charge is 0.280 e. The molecule has 1 aliphatic carbocycles.